The van der Waals surface area contributed by atoms with Crippen molar-refractivity contribution in [2.75, 3.05) is 25.5 Å². The topological polar surface area (TPSA) is 78.5 Å². The maximum Gasteiger partial charge on any atom is 0.240 e. The summed E-state index contributed by atoms with van der Waals surface area (Å²) in [6.45, 7) is 4.23. The maximum absolute atomic E-state index is 12.9. The van der Waals surface area contributed by atoms with E-state index in [4.69, 9.17) is 11.6 Å². The third-order valence-electron chi connectivity index (χ3n) is 5.24. The number of piperidine rings is 1. The molecule has 1 atom stereocenters. The number of sulfonamides is 1. The molecule has 1 fully saturated rings. The molecule has 1 aliphatic heterocycles. The van der Waals surface area contributed by atoms with E-state index in [1.54, 1.807) is 6.07 Å². The highest BCUT2D eigenvalue weighted by atomic mass is 35.5. The van der Waals surface area contributed by atoms with Gasteiger partial charge in [-0.2, -0.15) is 0 Å². The van der Waals surface area contributed by atoms with E-state index in [0.29, 0.717) is 17.3 Å². The summed E-state index contributed by atoms with van der Waals surface area (Å²) in [6, 6.07) is 12.5. The van der Waals surface area contributed by atoms with Crippen LogP contribution in [0.1, 0.15) is 24.0 Å². The predicted molar refractivity (Wildman–Crippen MR) is 116 cm³/mol. The zero-order valence-corrected chi connectivity index (χ0v) is 18.2. The van der Waals surface area contributed by atoms with Gasteiger partial charge in [0.05, 0.1) is 10.8 Å². The molecule has 2 N–H and O–H groups in total. The number of hydrogen-bond acceptors (Lipinski definition) is 4. The Labute approximate surface area is 177 Å². The van der Waals surface area contributed by atoms with Crippen molar-refractivity contribution in [1.82, 2.24) is 9.62 Å². The second-order valence-corrected chi connectivity index (χ2v) is 9.70. The van der Waals surface area contributed by atoms with Crippen molar-refractivity contribution in [3.63, 3.8) is 0 Å². The Bertz CT molecular complexity index is 977. The summed E-state index contributed by atoms with van der Waals surface area (Å²) in [5.74, 6) is -0.215. The van der Waals surface area contributed by atoms with E-state index in [-0.39, 0.29) is 16.7 Å². The minimum atomic E-state index is -3.56. The Kier molecular flexibility index (Phi) is 6.95. The van der Waals surface area contributed by atoms with Crippen molar-refractivity contribution in [2.24, 2.45) is 5.92 Å². The lowest BCUT2D eigenvalue weighted by Crippen LogP contribution is -2.40. The van der Waals surface area contributed by atoms with Gasteiger partial charge in [0.25, 0.3) is 0 Å². The van der Waals surface area contributed by atoms with Crippen molar-refractivity contribution in [3.05, 3.63) is 58.6 Å². The summed E-state index contributed by atoms with van der Waals surface area (Å²) < 4.78 is 26.4. The van der Waals surface area contributed by atoms with Crippen molar-refractivity contribution in [2.45, 2.75) is 31.2 Å². The first-order valence-electron chi connectivity index (χ1n) is 9.60. The zero-order chi connectivity index (χ0) is 21.0. The molecule has 0 radical (unpaired) electrons. The van der Waals surface area contributed by atoms with Gasteiger partial charge in [-0.05, 0) is 68.8 Å². The van der Waals surface area contributed by atoms with Crippen LogP contribution in [0, 0.1) is 12.8 Å². The van der Waals surface area contributed by atoms with Gasteiger partial charge in [-0.3, -0.25) is 9.69 Å². The lowest BCUT2D eigenvalue weighted by Gasteiger charge is -2.32. The van der Waals surface area contributed by atoms with Crippen LogP contribution in [0.5, 0.6) is 0 Å². The van der Waals surface area contributed by atoms with E-state index < -0.39 is 10.0 Å². The largest absolute Gasteiger partial charge is 0.326 e. The highest BCUT2D eigenvalue weighted by molar-refractivity contribution is 7.89. The first-order chi connectivity index (χ1) is 13.8. The molecule has 6 nitrogen and oxygen atoms in total. The number of likely N-dealkylation sites (tertiary alicyclic amines) is 1. The molecule has 1 heterocycles. The van der Waals surface area contributed by atoms with E-state index in [0.717, 1.165) is 37.1 Å². The molecular weight excluding hydrogens is 410 g/mol. The smallest absolute Gasteiger partial charge is 0.240 e. The number of nitrogens with one attached hydrogen (secondary N) is 2. The fourth-order valence-corrected chi connectivity index (χ4v) is 4.40. The second kappa shape index (κ2) is 9.26. The Morgan fingerprint density at radius 1 is 1.21 bits per heavy atom. The van der Waals surface area contributed by atoms with Crippen LogP contribution in [0.3, 0.4) is 0 Å². The monoisotopic (exact) mass is 435 g/mol. The van der Waals surface area contributed by atoms with Gasteiger partial charge in [0.2, 0.25) is 15.9 Å². The Hall–Kier alpha value is -1.93. The van der Waals surface area contributed by atoms with Crippen LogP contribution in [0.25, 0.3) is 0 Å². The van der Waals surface area contributed by atoms with Crippen molar-refractivity contribution >= 4 is 33.2 Å². The van der Waals surface area contributed by atoms with Crippen molar-refractivity contribution in [3.8, 4) is 0 Å². The molecule has 1 saturated heterocycles. The van der Waals surface area contributed by atoms with Crippen molar-refractivity contribution < 1.29 is 13.2 Å². The number of halogens is 1. The first kappa shape index (κ1) is 21.8. The lowest BCUT2D eigenvalue weighted by molar-refractivity contribution is -0.121. The van der Waals surface area contributed by atoms with Crippen LogP contribution in [-0.4, -0.2) is 39.4 Å². The van der Waals surface area contributed by atoms with E-state index in [1.165, 1.54) is 19.2 Å². The molecule has 2 aromatic carbocycles. The van der Waals surface area contributed by atoms with E-state index in [1.807, 2.05) is 31.2 Å². The Morgan fingerprint density at radius 3 is 2.62 bits per heavy atom. The normalized spacial score (nSPS) is 17.8. The van der Waals surface area contributed by atoms with Gasteiger partial charge in [0.15, 0.2) is 0 Å². The van der Waals surface area contributed by atoms with Gasteiger partial charge in [-0.25, -0.2) is 13.1 Å². The molecular formula is C21H26ClN3O3S. The average molecular weight is 436 g/mol. The number of rotatable bonds is 6. The van der Waals surface area contributed by atoms with Crippen LogP contribution in [-0.2, 0) is 21.4 Å². The van der Waals surface area contributed by atoms with Gasteiger partial charge in [-0.1, -0.05) is 29.8 Å². The molecule has 0 unspecified atom stereocenters. The third kappa shape index (κ3) is 5.57. The third-order valence-corrected chi connectivity index (χ3v) is 6.91. The molecule has 0 spiro atoms. The van der Waals surface area contributed by atoms with Crippen LogP contribution >= 0.6 is 11.6 Å². The van der Waals surface area contributed by atoms with E-state index >= 15 is 0 Å². The molecule has 0 saturated carbocycles. The lowest BCUT2D eigenvalue weighted by atomic mass is 9.96. The van der Waals surface area contributed by atoms with E-state index in [2.05, 4.69) is 14.9 Å². The van der Waals surface area contributed by atoms with Crippen LogP contribution < -0.4 is 10.0 Å². The molecule has 2 aromatic rings. The maximum atomic E-state index is 12.9. The zero-order valence-electron chi connectivity index (χ0n) is 16.6. The molecule has 1 amide bonds. The van der Waals surface area contributed by atoms with Crippen LogP contribution in [0.2, 0.25) is 5.02 Å². The molecule has 0 aliphatic carbocycles. The van der Waals surface area contributed by atoms with Gasteiger partial charge >= 0.3 is 0 Å². The SMILES string of the molecule is CNS(=O)(=O)c1ccc(C)c(NC(=O)[C@H]2CCCN(Cc3ccc(Cl)cc3)C2)c1. The minimum absolute atomic E-state index is 0.0760. The summed E-state index contributed by atoms with van der Waals surface area (Å²) in [4.78, 5) is 15.3. The molecule has 0 aromatic heterocycles. The summed E-state index contributed by atoms with van der Waals surface area (Å²) in [6.07, 6.45) is 1.76. The van der Waals surface area contributed by atoms with Crippen molar-refractivity contribution in [1.29, 1.82) is 0 Å². The quantitative estimate of drug-likeness (QED) is 0.728. The van der Waals surface area contributed by atoms with Gasteiger partial charge < -0.3 is 5.32 Å². The molecule has 156 valence electrons. The Morgan fingerprint density at radius 2 is 1.93 bits per heavy atom. The number of nitrogens with zero attached hydrogens (tertiary/aromatic N) is 1. The summed E-state index contributed by atoms with van der Waals surface area (Å²) in [5, 5.41) is 3.64. The highest BCUT2D eigenvalue weighted by Crippen LogP contribution is 2.24. The highest BCUT2D eigenvalue weighted by Gasteiger charge is 2.26. The molecule has 8 heteroatoms. The predicted octanol–water partition coefficient (Wildman–Crippen LogP) is 3.41. The number of hydrogen-bond donors (Lipinski definition) is 2. The van der Waals surface area contributed by atoms with Gasteiger partial charge in [0, 0.05) is 23.8 Å². The molecule has 29 heavy (non-hydrogen) atoms. The number of amides is 1. The molecule has 1 aliphatic rings. The fraction of sp³-hybridized carbons (Fsp3) is 0.381. The Balaban J connectivity index is 1.67. The average Bonchev–Trinajstić information content (AvgIpc) is 2.71. The number of carbonyl (C=O) groups is 1. The standard InChI is InChI=1S/C21H26ClN3O3S/c1-15-5-10-19(29(27,28)23-2)12-20(15)24-21(26)17-4-3-11-25(14-17)13-16-6-8-18(22)9-7-16/h5-10,12,17,23H,3-4,11,13-14H2,1-2H3,(H,24,26)/t17-/m0/s1. The summed E-state index contributed by atoms with van der Waals surface area (Å²) in [5.41, 5.74) is 2.51. The summed E-state index contributed by atoms with van der Waals surface area (Å²) >= 11 is 5.95. The summed E-state index contributed by atoms with van der Waals surface area (Å²) in [7, 11) is -2.20. The van der Waals surface area contributed by atoms with Gasteiger partial charge in [0.1, 0.15) is 0 Å². The number of benzene rings is 2. The fourth-order valence-electron chi connectivity index (χ4n) is 3.52. The number of carbonyl (C=O) groups excluding carboxylic acids is 1. The first-order valence-corrected chi connectivity index (χ1v) is 11.5. The molecule has 0 bridgehead atoms. The minimum Gasteiger partial charge on any atom is -0.326 e. The van der Waals surface area contributed by atoms with Crippen LogP contribution in [0.4, 0.5) is 5.69 Å². The molecule has 3 rings (SSSR count). The number of aryl methyl sites for hydroxylation is 1. The van der Waals surface area contributed by atoms with Crippen LogP contribution in [0.15, 0.2) is 47.4 Å². The number of anilines is 1. The van der Waals surface area contributed by atoms with Gasteiger partial charge in [-0.15, -0.1) is 0 Å². The van der Waals surface area contributed by atoms with E-state index in [9.17, 15) is 13.2 Å². The second-order valence-electron chi connectivity index (χ2n) is 7.37.